The van der Waals surface area contributed by atoms with E-state index in [9.17, 15) is 0 Å². The van der Waals surface area contributed by atoms with Gasteiger partial charge in [-0.25, -0.2) is 9.97 Å². The van der Waals surface area contributed by atoms with Crippen LogP contribution < -0.4 is 10.5 Å². The molecule has 0 amide bonds. The van der Waals surface area contributed by atoms with Gasteiger partial charge >= 0.3 is 0 Å². The van der Waals surface area contributed by atoms with Crippen molar-refractivity contribution in [1.82, 2.24) is 9.97 Å². The summed E-state index contributed by atoms with van der Waals surface area (Å²) in [6.45, 7) is 6.34. The summed E-state index contributed by atoms with van der Waals surface area (Å²) in [5.41, 5.74) is 8.00. The number of nitrogens with zero attached hydrogens (tertiary/aromatic N) is 2. The van der Waals surface area contributed by atoms with E-state index in [1.165, 1.54) is 5.56 Å². The van der Waals surface area contributed by atoms with Crippen molar-refractivity contribution >= 4 is 5.82 Å². The Morgan fingerprint density at radius 1 is 1.20 bits per heavy atom. The molecule has 1 unspecified atom stereocenters. The molecule has 3 rings (SSSR count). The molecule has 1 atom stereocenters. The zero-order valence-electron chi connectivity index (χ0n) is 12.1. The van der Waals surface area contributed by atoms with Gasteiger partial charge in [-0.3, -0.25) is 0 Å². The lowest BCUT2D eigenvalue weighted by atomic mass is 9.92. The predicted molar refractivity (Wildman–Crippen MR) is 78.7 cm³/mol. The third kappa shape index (κ3) is 2.33. The van der Waals surface area contributed by atoms with Gasteiger partial charge < -0.3 is 10.5 Å². The SMILES string of the molecule is CC(C)(C)c1cc(N)nc(C2Cc3ccccc3O2)n1. The molecule has 2 N–H and O–H groups in total. The van der Waals surface area contributed by atoms with Crippen LogP contribution in [0.4, 0.5) is 5.82 Å². The highest BCUT2D eigenvalue weighted by Crippen LogP contribution is 2.35. The molecule has 0 bridgehead atoms. The molecule has 0 radical (unpaired) electrons. The summed E-state index contributed by atoms with van der Waals surface area (Å²) in [4.78, 5) is 9.01. The number of nitrogens with two attached hydrogens (primary N) is 1. The molecule has 1 aromatic heterocycles. The lowest BCUT2D eigenvalue weighted by molar-refractivity contribution is 0.227. The first kappa shape index (κ1) is 12.9. The van der Waals surface area contributed by atoms with E-state index in [1.807, 2.05) is 24.3 Å². The molecule has 1 aromatic carbocycles. The molecule has 1 aliphatic rings. The fourth-order valence-corrected chi connectivity index (χ4v) is 2.34. The van der Waals surface area contributed by atoms with Crippen LogP contribution in [-0.2, 0) is 11.8 Å². The van der Waals surface area contributed by atoms with E-state index in [2.05, 4.69) is 36.8 Å². The smallest absolute Gasteiger partial charge is 0.172 e. The maximum Gasteiger partial charge on any atom is 0.172 e. The number of nitrogen functional groups attached to an aromatic ring is 1. The average molecular weight is 269 g/mol. The van der Waals surface area contributed by atoms with Gasteiger partial charge in [-0.05, 0) is 11.6 Å². The standard InChI is InChI=1S/C16H19N3O/c1-16(2,3)13-9-14(17)19-15(18-13)12-8-10-6-4-5-7-11(10)20-12/h4-7,9,12H,8H2,1-3H3,(H2,17,18,19). The normalized spacial score (nSPS) is 17.6. The van der Waals surface area contributed by atoms with E-state index in [0.29, 0.717) is 11.6 Å². The second-order valence-corrected chi connectivity index (χ2v) is 6.20. The average Bonchev–Trinajstić information content (AvgIpc) is 2.80. The molecule has 0 spiro atoms. The summed E-state index contributed by atoms with van der Waals surface area (Å²) in [5, 5.41) is 0. The Kier molecular flexibility index (Phi) is 2.89. The summed E-state index contributed by atoms with van der Waals surface area (Å²) in [6.07, 6.45) is 0.653. The van der Waals surface area contributed by atoms with Crippen LogP contribution in [0.3, 0.4) is 0 Å². The van der Waals surface area contributed by atoms with Gasteiger partial charge in [-0.1, -0.05) is 39.0 Å². The lowest BCUT2D eigenvalue weighted by Gasteiger charge is -2.20. The Balaban J connectivity index is 1.95. The highest BCUT2D eigenvalue weighted by atomic mass is 16.5. The molecule has 0 saturated carbocycles. The zero-order valence-corrected chi connectivity index (χ0v) is 12.1. The fourth-order valence-electron chi connectivity index (χ4n) is 2.34. The lowest BCUT2D eigenvalue weighted by Crippen LogP contribution is -2.19. The van der Waals surface area contributed by atoms with Crippen molar-refractivity contribution in [2.75, 3.05) is 5.73 Å². The van der Waals surface area contributed by atoms with Gasteiger partial charge in [0.25, 0.3) is 0 Å². The maximum atomic E-state index is 5.94. The third-order valence-corrected chi connectivity index (χ3v) is 3.47. The third-order valence-electron chi connectivity index (χ3n) is 3.47. The Bertz CT molecular complexity index is 621. The van der Waals surface area contributed by atoms with Crippen molar-refractivity contribution < 1.29 is 4.74 Å². The minimum atomic E-state index is -0.142. The van der Waals surface area contributed by atoms with E-state index in [0.717, 1.165) is 17.9 Å². The topological polar surface area (TPSA) is 61.0 Å². The number of ether oxygens (including phenoxy) is 1. The number of rotatable bonds is 1. The highest BCUT2D eigenvalue weighted by molar-refractivity contribution is 5.39. The predicted octanol–water partition coefficient (Wildman–Crippen LogP) is 3.03. The summed E-state index contributed by atoms with van der Waals surface area (Å²) < 4.78 is 5.94. The molecule has 0 aliphatic carbocycles. The second kappa shape index (κ2) is 4.47. The van der Waals surface area contributed by atoms with Gasteiger partial charge in [0.15, 0.2) is 11.9 Å². The molecule has 4 nitrogen and oxygen atoms in total. The quantitative estimate of drug-likeness (QED) is 0.864. The van der Waals surface area contributed by atoms with Crippen molar-refractivity contribution in [2.45, 2.75) is 38.7 Å². The van der Waals surface area contributed by atoms with Crippen LogP contribution in [0.2, 0.25) is 0 Å². The monoisotopic (exact) mass is 269 g/mol. The van der Waals surface area contributed by atoms with E-state index in [4.69, 9.17) is 10.5 Å². The van der Waals surface area contributed by atoms with Crippen LogP contribution in [0.5, 0.6) is 5.75 Å². The van der Waals surface area contributed by atoms with E-state index < -0.39 is 0 Å². The van der Waals surface area contributed by atoms with Crippen LogP contribution in [-0.4, -0.2) is 9.97 Å². The fraction of sp³-hybridized carbons (Fsp3) is 0.375. The number of hydrogen-bond donors (Lipinski definition) is 1. The van der Waals surface area contributed by atoms with E-state index >= 15 is 0 Å². The first-order valence-corrected chi connectivity index (χ1v) is 6.83. The summed E-state index contributed by atoms with van der Waals surface area (Å²) in [7, 11) is 0. The van der Waals surface area contributed by atoms with Crippen LogP contribution in [0.15, 0.2) is 30.3 Å². The number of anilines is 1. The molecular formula is C16H19N3O. The van der Waals surface area contributed by atoms with Gasteiger partial charge in [0.1, 0.15) is 11.6 Å². The zero-order chi connectivity index (χ0) is 14.3. The summed E-state index contributed by atoms with van der Waals surface area (Å²) in [5.74, 6) is 2.09. The molecule has 104 valence electrons. The molecule has 0 saturated heterocycles. The Hall–Kier alpha value is -2.10. The Morgan fingerprint density at radius 2 is 1.95 bits per heavy atom. The summed E-state index contributed by atoms with van der Waals surface area (Å²) >= 11 is 0. The largest absolute Gasteiger partial charge is 0.482 e. The van der Waals surface area contributed by atoms with Crippen LogP contribution in [0, 0.1) is 0 Å². The summed E-state index contributed by atoms with van der Waals surface area (Å²) in [6, 6.07) is 9.89. The number of aromatic nitrogens is 2. The Labute approximate surface area is 119 Å². The van der Waals surface area contributed by atoms with E-state index in [-0.39, 0.29) is 11.5 Å². The van der Waals surface area contributed by atoms with Crippen molar-refractivity contribution in [2.24, 2.45) is 0 Å². The first-order chi connectivity index (χ1) is 9.43. The van der Waals surface area contributed by atoms with Crippen molar-refractivity contribution in [3.63, 3.8) is 0 Å². The van der Waals surface area contributed by atoms with Crippen LogP contribution in [0.25, 0.3) is 0 Å². The minimum Gasteiger partial charge on any atom is -0.482 e. The van der Waals surface area contributed by atoms with E-state index in [1.54, 1.807) is 0 Å². The van der Waals surface area contributed by atoms with Gasteiger partial charge in [-0.2, -0.15) is 0 Å². The molecule has 0 fully saturated rings. The van der Waals surface area contributed by atoms with Gasteiger partial charge in [0, 0.05) is 17.9 Å². The van der Waals surface area contributed by atoms with Crippen LogP contribution in [0.1, 0.15) is 44.0 Å². The number of fused-ring (bicyclic) bond motifs is 1. The highest BCUT2D eigenvalue weighted by Gasteiger charge is 2.28. The Morgan fingerprint density at radius 3 is 2.65 bits per heavy atom. The van der Waals surface area contributed by atoms with Gasteiger partial charge in [-0.15, -0.1) is 0 Å². The van der Waals surface area contributed by atoms with Crippen molar-refractivity contribution in [3.8, 4) is 5.75 Å². The second-order valence-electron chi connectivity index (χ2n) is 6.20. The van der Waals surface area contributed by atoms with Crippen molar-refractivity contribution in [1.29, 1.82) is 0 Å². The van der Waals surface area contributed by atoms with Crippen molar-refractivity contribution in [3.05, 3.63) is 47.4 Å². The molecule has 1 aliphatic heterocycles. The molecular weight excluding hydrogens is 250 g/mol. The minimum absolute atomic E-state index is 0.0583. The molecule has 4 heteroatoms. The first-order valence-electron chi connectivity index (χ1n) is 6.83. The molecule has 20 heavy (non-hydrogen) atoms. The van der Waals surface area contributed by atoms with Crippen LogP contribution >= 0.6 is 0 Å². The van der Waals surface area contributed by atoms with Gasteiger partial charge in [0.2, 0.25) is 0 Å². The molecule has 2 heterocycles. The number of para-hydroxylation sites is 1. The van der Waals surface area contributed by atoms with Gasteiger partial charge in [0.05, 0.1) is 5.69 Å². The number of benzene rings is 1. The maximum absolute atomic E-state index is 5.94. The molecule has 2 aromatic rings. The number of hydrogen-bond acceptors (Lipinski definition) is 4.